The highest BCUT2D eigenvalue weighted by Gasteiger charge is 2.25. The number of anilines is 2. The minimum absolute atomic E-state index is 0.0367. The largest absolute Gasteiger partial charge is 0.340 e. The third-order valence-corrected chi connectivity index (χ3v) is 7.13. The van der Waals surface area contributed by atoms with Gasteiger partial charge in [-0.2, -0.15) is 0 Å². The maximum absolute atomic E-state index is 12.8. The summed E-state index contributed by atoms with van der Waals surface area (Å²) in [5, 5.41) is 7.41. The van der Waals surface area contributed by atoms with Gasteiger partial charge in [0, 0.05) is 27.3 Å². The summed E-state index contributed by atoms with van der Waals surface area (Å²) in [6, 6.07) is 11.8. The molecule has 3 aromatic rings. The number of rotatable bonds is 8. The summed E-state index contributed by atoms with van der Waals surface area (Å²) in [4.78, 5) is 29.3. The topological polar surface area (TPSA) is 117 Å². The van der Waals surface area contributed by atoms with Gasteiger partial charge in [-0.05, 0) is 54.4 Å². The third-order valence-electron chi connectivity index (χ3n) is 4.43. The highest BCUT2D eigenvalue weighted by molar-refractivity contribution is 9.10. The lowest BCUT2D eigenvalue weighted by Crippen LogP contribution is -2.47. The van der Waals surface area contributed by atoms with Crippen LogP contribution in [-0.2, 0) is 14.8 Å². The number of hydrogen-bond donors (Lipinski definition) is 3. The number of thiazole rings is 1. The van der Waals surface area contributed by atoms with Crippen molar-refractivity contribution in [2.45, 2.75) is 24.8 Å². The third kappa shape index (κ3) is 6.15. The van der Waals surface area contributed by atoms with Crippen LogP contribution in [0.5, 0.6) is 0 Å². The van der Waals surface area contributed by atoms with Gasteiger partial charge in [-0.25, -0.2) is 13.4 Å². The standard InChI is InChI=1S/C21H21BrN4O4S2/c1-13(2)18(25-19(27)14-3-5-15(22)6-4-14)20(28)24-16-7-9-17(10-8-16)32(29,30)26-21-23-11-12-31-21/h3-13,18H,1-2H3,(H,23,26)(H,24,28)(H,25,27). The zero-order valence-electron chi connectivity index (χ0n) is 17.2. The van der Waals surface area contributed by atoms with E-state index >= 15 is 0 Å². The molecule has 168 valence electrons. The molecular formula is C21H21BrN4O4S2. The smallest absolute Gasteiger partial charge is 0.263 e. The van der Waals surface area contributed by atoms with E-state index in [9.17, 15) is 18.0 Å². The van der Waals surface area contributed by atoms with Gasteiger partial charge in [0.15, 0.2) is 5.13 Å². The first-order chi connectivity index (χ1) is 15.2. The van der Waals surface area contributed by atoms with Crippen molar-refractivity contribution < 1.29 is 18.0 Å². The number of aromatic nitrogens is 1. The number of carbonyl (C=O) groups excluding carboxylic acids is 2. The van der Waals surface area contributed by atoms with Crippen molar-refractivity contribution in [3.05, 3.63) is 70.1 Å². The van der Waals surface area contributed by atoms with Gasteiger partial charge in [0.1, 0.15) is 6.04 Å². The summed E-state index contributed by atoms with van der Waals surface area (Å²) < 4.78 is 28.1. The number of sulfonamides is 1. The van der Waals surface area contributed by atoms with Gasteiger partial charge in [-0.1, -0.05) is 29.8 Å². The Kier molecular flexibility index (Phi) is 7.64. The predicted octanol–water partition coefficient (Wildman–Crippen LogP) is 4.10. The van der Waals surface area contributed by atoms with Crippen LogP contribution in [0, 0.1) is 5.92 Å². The SMILES string of the molecule is CC(C)C(NC(=O)c1ccc(Br)cc1)C(=O)Nc1ccc(S(=O)(=O)Nc2nccs2)cc1. The fraction of sp³-hybridized carbons (Fsp3) is 0.190. The molecule has 32 heavy (non-hydrogen) atoms. The van der Waals surface area contributed by atoms with Crippen molar-refractivity contribution in [1.29, 1.82) is 0 Å². The maximum Gasteiger partial charge on any atom is 0.263 e. The van der Waals surface area contributed by atoms with Gasteiger partial charge >= 0.3 is 0 Å². The molecule has 0 saturated carbocycles. The minimum Gasteiger partial charge on any atom is -0.340 e. The molecular weight excluding hydrogens is 516 g/mol. The summed E-state index contributed by atoms with van der Waals surface area (Å²) in [6.07, 6.45) is 1.50. The average molecular weight is 537 g/mol. The molecule has 0 fully saturated rings. The molecule has 0 spiro atoms. The Bertz CT molecular complexity index is 1180. The van der Waals surface area contributed by atoms with E-state index in [1.807, 2.05) is 13.8 Å². The Labute approximate surface area is 198 Å². The molecule has 0 radical (unpaired) electrons. The summed E-state index contributed by atoms with van der Waals surface area (Å²) >= 11 is 4.49. The van der Waals surface area contributed by atoms with Crippen LogP contribution in [0.4, 0.5) is 10.8 Å². The molecule has 0 aliphatic carbocycles. The van der Waals surface area contributed by atoms with E-state index < -0.39 is 22.0 Å². The van der Waals surface area contributed by atoms with Crippen LogP contribution in [0.1, 0.15) is 24.2 Å². The molecule has 3 N–H and O–H groups in total. The van der Waals surface area contributed by atoms with Gasteiger partial charge < -0.3 is 10.6 Å². The number of hydrogen-bond acceptors (Lipinski definition) is 6. The molecule has 1 atom stereocenters. The lowest BCUT2D eigenvalue weighted by Gasteiger charge is -2.22. The van der Waals surface area contributed by atoms with Gasteiger partial charge in [0.25, 0.3) is 15.9 Å². The van der Waals surface area contributed by atoms with E-state index in [1.54, 1.807) is 29.6 Å². The number of benzene rings is 2. The molecule has 1 unspecified atom stereocenters. The quantitative estimate of drug-likeness (QED) is 0.400. The highest BCUT2D eigenvalue weighted by atomic mass is 79.9. The number of nitrogens with zero attached hydrogens (tertiary/aromatic N) is 1. The summed E-state index contributed by atoms with van der Waals surface area (Å²) in [5.41, 5.74) is 0.848. The fourth-order valence-electron chi connectivity index (χ4n) is 2.75. The lowest BCUT2D eigenvalue weighted by molar-refractivity contribution is -0.118. The molecule has 11 heteroatoms. The van der Waals surface area contributed by atoms with Crippen LogP contribution in [-0.4, -0.2) is 31.3 Å². The number of carbonyl (C=O) groups is 2. The molecule has 2 aromatic carbocycles. The Hall–Kier alpha value is -2.76. The van der Waals surface area contributed by atoms with E-state index in [1.165, 1.54) is 41.8 Å². The first-order valence-electron chi connectivity index (χ1n) is 9.55. The minimum atomic E-state index is -3.78. The lowest BCUT2D eigenvalue weighted by atomic mass is 10.0. The molecule has 0 saturated heterocycles. The number of amides is 2. The summed E-state index contributed by atoms with van der Waals surface area (Å²) in [6.45, 7) is 3.65. The number of halogens is 1. The molecule has 0 bridgehead atoms. The zero-order valence-corrected chi connectivity index (χ0v) is 20.4. The first kappa shape index (κ1) is 23.9. The zero-order chi connectivity index (χ0) is 23.3. The molecule has 8 nitrogen and oxygen atoms in total. The van der Waals surface area contributed by atoms with E-state index in [0.717, 1.165) is 4.47 Å². The summed E-state index contributed by atoms with van der Waals surface area (Å²) in [7, 11) is -3.78. The van der Waals surface area contributed by atoms with E-state index in [4.69, 9.17) is 0 Å². The van der Waals surface area contributed by atoms with Gasteiger partial charge in [-0.15, -0.1) is 11.3 Å². The van der Waals surface area contributed by atoms with Crippen molar-refractivity contribution >= 4 is 59.9 Å². The fourth-order valence-corrected chi connectivity index (χ4v) is 4.80. The monoisotopic (exact) mass is 536 g/mol. The normalized spacial score (nSPS) is 12.2. The second kappa shape index (κ2) is 10.2. The van der Waals surface area contributed by atoms with Crippen molar-refractivity contribution in [2.75, 3.05) is 10.0 Å². The van der Waals surface area contributed by atoms with Crippen molar-refractivity contribution in [3.63, 3.8) is 0 Å². The van der Waals surface area contributed by atoms with Crippen LogP contribution < -0.4 is 15.4 Å². The van der Waals surface area contributed by atoms with E-state index in [-0.39, 0.29) is 21.9 Å². The second-order valence-corrected chi connectivity index (χ2v) is 10.7. The maximum atomic E-state index is 12.8. The number of nitrogens with one attached hydrogen (secondary N) is 3. The first-order valence-corrected chi connectivity index (χ1v) is 12.7. The Morgan fingerprint density at radius 2 is 1.69 bits per heavy atom. The van der Waals surface area contributed by atoms with Crippen molar-refractivity contribution in [2.24, 2.45) is 5.92 Å². The second-order valence-electron chi connectivity index (χ2n) is 7.16. The van der Waals surface area contributed by atoms with Gasteiger partial charge in [0.2, 0.25) is 5.91 Å². The van der Waals surface area contributed by atoms with Crippen molar-refractivity contribution in [3.8, 4) is 0 Å². The van der Waals surface area contributed by atoms with Gasteiger partial charge in [-0.3, -0.25) is 14.3 Å². The molecule has 0 aliphatic heterocycles. The van der Waals surface area contributed by atoms with Crippen LogP contribution >= 0.6 is 27.3 Å². The van der Waals surface area contributed by atoms with Gasteiger partial charge in [0.05, 0.1) is 4.90 Å². The van der Waals surface area contributed by atoms with E-state index in [0.29, 0.717) is 11.3 Å². The Balaban J connectivity index is 1.67. The highest BCUT2D eigenvalue weighted by Crippen LogP contribution is 2.20. The molecule has 2 amide bonds. The predicted molar refractivity (Wildman–Crippen MR) is 128 cm³/mol. The molecule has 1 heterocycles. The molecule has 3 rings (SSSR count). The van der Waals surface area contributed by atoms with Crippen LogP contribution in [0.3, 0.4) is 0 Å². The van der Waals surface area contributed by atoms with Crippen molar-refractivity contribution in [1.82, 2.24) is 10.3 Å². The molecule has 0 aliphatic rings. The summed E-state index contributed by atoms with van der Waals surface area (Å²) in [5.74, 6) is -0.931. The Morgan fingerprint density at radius 1 is 1.03 bits per heavy atom. The van der Waals surface area contributed by atoms with Crippen LogP contribution in [0.25, 0.3) is 0 Å². The van der Waals surface area contributed by atoms with Crippen LogP contribution in [0.15, 0.2) is 69.5 Å². The Morgan fingerprint density at radius 3 is 2.25 bits per heavy atom. The van der Waals surface area contributed by atoms with Crippen LogP contribution in [0.2, 0.25) is 0 Å². The molecule has 1 aromatic heterocycles. The van der Waals surface area contributed by atoms with E-state index in [2.05, 4.69) is 36.3 Å². The average Bonchev–Trinajstić information content (AvgIpc) is 3.24.